The summed E-state index contributed by atoms with van der Waals surface area (Å²) in [5, 5.41) is 2.96. The number of amidine groups is 1. The summed E-state index contributed by atoms with van der Waals surface area (Å²) < 4.78 is 0.988. The van der Waals surface area contributed by atoms with E-state index in [1.54, 1.807) is 6.92 Å². The molecular weight excluding hydrogens is 358 g/mol. The van der Waals surface area contributed by atoms with Crippen molar-refractivity contribution in [3.8, 4) is 0 Å². The van der Waals surface area contributed by atoms with Crippen LogP contribution in [0.4, 0.5) is 0 Å². The zero-order valence-corrected chi connectivity index (χ0v) is 19.7. The van der Waals surface area contributed by atoms with E-state index in [4.69, 9.17) is 4.99 Å². The van der Waals surface area contributed by atoms with E-state index in [0.29, 0.717) is 0 Å². The van der Waals surface area contributed by atoms with Crippen LogP contribution >= 0.6 is 0 Å². The molecule has 4 heteroatoms. The normalized spacial score (nSPS) is 19.1. The van der Waals surface area contributed by atoms with Gasteiger partial charge in [-0.05, 0) is 39.0 Å². The monoisotopic (exact) mass is 406 g/mol. The molecule has 0 fully saturated rings. The van der Waals surface area contributed by atoms with Gasteiger partial charge in [-0.1, -0.05) is 64.0 Å². The lowest BCUT2D eigenvalue weighted by Crippen LogP contribution is -2.54. The number of quaternary nitrogens is 1. The number of hydrogen-bond acceptors (Lipinski definition) is 2. The van der Waals surface area contributed by atoms with Crippen molar-refractivity contribution in [2.45, 2.75) is 104 Å². The zero-order chi connectivity index (χ0) is 21.2. The molecule has 1 unspecified atom stereocenters. The van der Waals surface area contributed by atoms with Crippen LogP contribution in [0.1, 0.15) is 104 Å². The first-order chi connectivity index (χ1) is 14.1. The molecule has 168 valence electrons. The smallest absolute Gasteiger partial charge is 0.217 e. The number of allylic oxidation sites excluding steroid dienone is 2. The Bertz CT molecular complexity index is 486. The topological polar surface area (TPSA) is 41.5 Å². The van der Waals surface area contributed by atoms with E-state index in [2.05, 4.69) is 31.3 Å². The third-order valence-corrected chi connectivity index (χ3v) is 6.30. The Hall–Kier alpha value is -1.16. The molecule has 0 aliphatic carbocycles. The minimum atomic E-state index is 0.0676. The number of amides is 1. The lowest BCUT2D eigenvalue weighted by molar-refractivity contribution is -0.833. The minimum Gasteiger partial charge on any atom is -0.351 e. The van der Waals surface area contributed by atoms with Gasteiger partial charge in [0.15, 0.2) is 5.84 Å². The predicted molar refractivity (Wildman–Crippen MR) is 126 cm³/mol. The molecule has 0 radical (unpaired) electrons. The number of nitrogens with zero attached hydrogens (tertiary/aromatic N) is 2. The first-order valence-corrected chi connectivity index (χ1v) is 12.4. The molecule has 0 saturated carbocycles. The first-order valence-electron chi connectivity index (χ1n) is 12.4. The molecule has 0 aromatic heterocycles. The molecule has 1 rings (SSSR count). The van der Waals surface area contributed by atoms with E-state index in [9.17, 15) is 4.79 Å². The Morgan fingerprint density at radius 1 is 0.966 bits per heavy atom. The fourth-order valence-electron chi connectivity index (χ4n) is 4.33. The molecule has 1 aliphatic rings. The van der Waals surface area contributed by atoms with E-state index >= 15 is 0 Å². The molecule has 29 heavy (non-hydrogen) atoms. The van der Waals surface area contributed by atoms with Crippen molar-refractivity contribution in [2.75, 3.05) is 32.7 Å². The second-order valence-electron chi connectivity index (χ2n) is 8.67. The third kappa shape index (κ3) is 11.6. The van der Waals surface area contributed by atoms with Gasteiger partial charge in [0, 0.05) is 13.3 Å². The third-order valence-electron chi connectivity index (χ3n) is 6.30. The zero-order valence-electron chi connectivity index (χ0n) is 19.7. The first kappa shape index (κ1) is 25.9. The van der Waals surface area contributed by atoms with E-state index < -0.39 is 0 Å². The van der Waals surface area contributed by atoms with Crippen molar-refractivity contribution in [3.05, 3.63) is 12.2 Å². The van der Waals surface area contributed by atoms with Crippen molar-refractivity contribution in [2.24, 2.45) is 4.99 Å². The molecule has 1 amide bonds. The van der Waals surface area contributed by atoms with Crippen LogP contribution in [0, 0.1) is 0 Å². The quantitative estimate of drug-likeness (QED) is 0.169. The van der Waals surface area contributed by atoms with E-state index in [1.165, 1.54) is 82.9 Å². The Balaban J connectivity index is 2.06. The standard InChI is InChI=1S/C25H47N3O/c1-4-6-7-8-9-10-11-12-13-14-15-16-17-18-19-25-27-21-23-28(25,5-2)22-20-26-24(3)29/h12-13H,4-11,14-23H2,1-3H3/p+1/b13-12+. The fourth-order valence-corrected chi connectivity index (χ4v) is 4.33. The summed E-state index contributed by atoms with van der Waals surface area (Å²) in [6.07, 6.45) is 22.0. The Kier molecular flexibility index (Phi) is 14.8. The molecule has 1 aliphatic heterocycles. The summed E-state index contributed by atoms with van der Waals surface area (Å²) in [4.78, 5) is 16.0. The summed E-state index contributed by atoms with van der Waals surface area (Å²) in [6.45, 7) is 11.0. The summed E-state index contributed by atoms with van der Waals surface area (Å²) in [6, 6.07) is 0. The molecule has 1 N–H and O–H groups in total. The summed E-state index contributed by atoms with van der Waals surface area (Å²) in [5.41, 5.74) is 0. The van der Waals surface area contributed by atoms with Gasteiger partial charge in [-0.15, -0.1) is 0 Å². The maximum atomic E-state index is 11.2. The molecule has 4 nitrogen and oxygen atoms in total. The van der Waals surface area contributed by atoms with Gasteiger partial charge in [-0.3, -0.25) is 9.28 Å². The van der Waals surface area contributed by atoms with Crippen molar-refractivity contribution in [1.29, 1.82) is 0 Å². The molecule has 1 atom stereocenters. The lowest BCUT2D eigenvalue weighted by Gasteiger charge is -2.33. The number of aliphatic imine (C=N–C) groups is 1. The van der Waals surface area contributed by atoms with E-state index in [0.717, 1.165) is 43.6 Å². The highest BCUT2D eigenvalue weighted by Gasteiger charge is 2.35. The SMILES string of the molecule is CCCCCCCC/C=C/CCCCCCC1=NCC[N+]1(CC)CCNC(C)=O. The molecule has 1 heterocycles. The molecule has 0 aromatic carbocycles. The van der Waals surface area contributed by atoms with Crippen LogP contribution in [0.15, 0.2) is 17.1 Å². The number of carbonyl (C=O) groups excluding carboxylic acids is 1. The lowest BCUT2D eigenvalue weighted by atomic mass is 10.1. The number of hydrogen-bond donors (Lipinski definition) is 1. The highest BCUT2D eigenvalue weighted by atomic mass is 16.1. The number of unbranched alkanes of at least 4 members (excludes halogenated alkanes) is 10. The van der Waals surface area contributed by atoms with Gasteiger partial charge in [-0.25, -0.2) is 4.99 Å². The van der Waals surface area contributed by atoms with Crippen LogP contribution < -0.4 is 5.32 Å². The second-order valence-corrected chi connectivity index (χ2v) is 8.67. The average Bonchev–Trinajstić information content (AvgIpc) is 3.11. The van der Waals surface area contributed by atoms with E-state index in [-0.39, 0.29) is 5.91 Å². The molecule has 0 spiro atoms. The fraction of sp³-hybridized carbons (Fsp3) is 0.840. The van der Waals surface area contributed by atoms with Gasteiger partial charge in [0.2, 0.25) is 5.91 Å². The van der Waals surface area contributed by atoms with Gasteiger partial charge < -0.3 is 5.32 Å². The van der Waals surface area contributed by atoms with Gasteiger partial charge >= 0.3 is 0 Å². The number of rotatable bonds is 18. The number of carbonyl (C=O) groups is 1. The van der Waals surface area contributed by atoms with Crippen LogP contribution in [0.2, 0.25) is 0 Å². The maximum Gasteiger partial charge on any atom is 0.217 e. The second kappa shape index (κ2) is 16.6. The summed E-state index contributed by atoms with van der Waals surface area (Å²) in [7, 11) is 0. The van der Waals surface area contributed by atoms with Crippen molar-refractivity contribution in [1.82, 2.24) is 5.32 Å². The van der Waals surface area contributed by atoms with E-state index in [1.807, 2.05) is 0 Å². The van der Waals surface area contributed by atoms with Gasteiger partial charge in [-0.2, -0.15) is 0 Å². The summed E-state index contributed by atoms with van der Waals surface area (Å²) in [5.74, 6) is 1.44. The van der Waals surface area contributed by atoms with Crippen molar-refractivity contribution < 1.29 is 9.28 Å². The average molecular weight is 407 g/mol. The largest absolute Gasteiger partial charge is 0.351 e. The Labute approximate surface area is 180 Å². The highest BCUT2D eigenvalue weighted by Crippen LogP contribution is 2.19. The van der Waals surface area contributed by atoms with Crippen LogP contribution in [-0.4, -0.2) is 48.9 Å². The maximum absolute atomic E-state index is 11.2. The van der Waals surface area contributed by atoms with Crippen molar-refractivity contribution in [3.63, 3.8) is 0 Å². The number of likely N-dealkylation sites (N-methyl/N-ethyl adjacent to an activating group) is 1. The van der Waals surface area contributed by atoms with Gasteiger partial charge in [0.25, 0.3) is 0 Å². The van der Waals surface area contributed by atoms with Crippen LogP contribution in [-0.2, 0) is 4.79 Å². The minimum absolute atomic E-state index is 0.0676. The molecule has 0 bridgehead atoms. The summed E-state index contributed by atoms with van der Waals surface area (Å²) >= 11 is 0. The van der Waals surface area contributed by atoms with Crippen LogP contribution in [0.5, 0.6) is 0 Å². The predicted octanol–water partition coefficient (Wildman–Crippen LogP) is 6.02. The molecule has 0 aromatic rings. The highest BCUT2D eigenvalue weighted by molar-refractivity contribution is 5.77. The Morgan fingerprint density at radius 3 is 2.21 bits per heavy atom. The van der Waals surface area contributed by atoms with Crippen LogP contribution in [0.25, 0.3) is 0 Å². The van der Waals surface area contributed by atoms with Gasteiger partial charge in [0.05, 0.1) is 19.6 Å². The van der Waals surface area contributed by atoms with Crippen molar-refractivity contribution >= 4 is 11.7 Å². The number of nitrogens with one attached hydrogen (secondary N) is 1. The van der Waals surface area contributed by atoms with Gasteiger partial charge in [0.1, 0.15) is 13.1 Å². The van der Waals surface area contributed by atoms with Crippen LogP contribution in [0.3, 0.4) is 0 Å². The molecule has 0 saturated heterocycles. The molecular formula is C25H48N3O+. The Morgan fingerprint density at radius 2 is 1.59 bits per heavy atom.